The molecule has 0 unspecified atom stereocenters. The molecule has 0 saturated carbocycles. The molecule has 0 atom stereocenters. The maximum absolute atomic E-state index is 4.68. The highest BCUT2D eigenvalue weighted by Gasteiger charge is 2.18. The van der Waals surface area contributed by atoms with Gasteiger partial charge >= 0.3 is 0 Å². The first kappa shape index (κ1) is 12.8. The normalized spacial score (nSPS) is 11.5. The van der Waals surface area contributed by atoms with E-state index in [4.69, 9.17) is 0 Å². The van der Waals surface area contributed by atoms with E-state index in [1.165, 1.54) is 0 Å². The lowest BCUT2D eigenvalue weighted by molar-refractivity contribution is 0.767. The van der Waals surface area contributed by atoms with E-state index in [1.807, 2.05) is 16.3 Å². The van der Waals surface area contributed by atoms with Crippen LogP contribution in [0, 0.1) is 0 Å². The number of thiazole rings is 1. The van der Waals surface area contributed by atoms with E-state index < -0.39 is 0 Å². The second kappa shape index (κ2) is 5.05. The summed E-state index contributed by atoms with van der Waals surface area (Å²) in [6, 6.07) is 0. The molecule has 0 fully saturated rings. The number of hydrogen-bond acceptors (Lipinski definition) is 4. The summed E-state index contributed by atoms with van der Waals surface area (Å²) in [6.45, 7) is 4.16. The fourth-order valence-corrected chi connectivity index (χ4v) is 3.30. The average Bonchev–Trinajstić information content (AvgIpc) is 3.10. The van der Waals surface area contributed by atoms with E-state index in [1.54, 1.807) is 11.3 Å². The Hall–Kier alpha value is -1.21. The molecular formula is C12H14BrN5S. The van der Waals surface area contributed by atoms with Gasteiger partial charge in [-0.2, -0.15) is 9.67 Å². The van der Waals surface area contributed by atoms with Crippen molar-refractivity contribution in [1.82, 2.24) is 24.1 Å². The average molecular weight is 340 g/mol. The van der Waals surface area contributed by atoms with Crippen LogP contribution in [0.15, 0.2) is 11.6 Å². The van der Waals surface area contributed by atoms with E-state index >= 15 is 0 Å². The van der Waals surface area contributed by atoms with Crippen LogP contribution in [0.3, 0.4) is 0 Å². The number of halogens is 1. The van der Waals surface area contributed by atoms with E-state index in [0.717, 1.165) is 46.3 Å². The van der Waals surface area contributed by atoms with Gasteiger partial charge in [0.25, 0.3) is 0 Å². The zero-order valence-corrected chi connectivity index (χ0v) is 13.2. The van der Waals surface area contributed by atoms with Crippen molar-refractivity contribution in [2.45, 2.75) is 32.0 Å². The molecule has 0 saturated heterocycles. The molecule has 100 valence electrons. The summed E-state index contributed by atoms with van der Waals surface area (Å²) in [5, 5.41) is 7.35. The molecule has 3 rings (SSSR count). The van der Waals surface area contributed by atoms with Crippen LogP contribution in [-0.2, 0) is 18.2 Å². The maximum Gasteiger partial charge on any atom is 0.195 e. The molecule has 0 bridgehead atoms. The molecule has 0 aliphatic rings. The lowest BCUT2D eigenvalue weighted by Gasteiger charge is -2.02. The van der Waals surface area contributed by atoms with Crippen LogP contribution in [0.1, 0.15) is 31.2 Å². The van der Waals surface area contributed by atoms with Gasteiger partial charge in [-0.1, -0.05) is 29.8 Å². The Labute approximate surface area is 123 Å². The van der Waals surface area contributed by atoms with Crippen LogP contribution in [0.25, 0.3) is 10.8 Å². The summed E-state index contributed by atoms with van der Waals surface area (Å²) in [4.78, 5) is 10.2. The standard InChI is InChI=1S/C12H14BrN5S/c1-3-9-14-10(4-2)18(16-9)11-8(7-13)17-5-6-19-12(17)15-11/h5-6H,3-4,7H2,1-2H3. The highest BCUT2D eigenvalue weighted by Crippen LogP contribution is 2.23. The molecule has 0 aliphatic carbocycles. The highest BCUT2D eigenvalue weighted by molar-refractivity contribution is 9.08. The van der Waals surface area contributed by atoms with Crippen LogP contribution < -0.4 is 0 Å². The van der Waals surface area contributed by atoms with Gasteiger partial charge in [0.2, 0.25) is 0 Å². The minimum Gasteiger partial charge on any atom is -0.292 e. The molecule has 3 heterocycles. The van der Waals surface area contributed by atoms with Gasteiger partial charge in [0, 0.05) is 29.7 Å². The third-order valence-electron chi connectivity index (χ3n) is 3.02. The molecule has 3 aromatic heterocycles. The fraction of sp³-hybridized carbons (Fsp3) is 0.417. The first-order valence-corrected chi connectivity index (χ1v) is 8.24. The predicted octanol–water partition coefficient (Wildman–Crippen LogP) is 3.00. The molecule has 0 amide bonds. The molecule has 0 radical (unpaired) electrons. The van der Waals surface area contributed by atoms with Gasteiger partial charge in [-0.3, -0.25) is 4.40 Å². The fourth-order valence-electron chi connectivity index (χ4n) is 2.05. The highest BCUT2D eigenvalue weighted by atomic mass is 79.9. The number of aryl methyl sites for hydroxylation is 2. The number of fused-ring (bicyclic) bond motifs is 1. The Morgan fingerprint density at radius 2 is 2.11 bits per heavy atom. The van der Waals surface area contributed by atoms with Crippen molar-refractivity contribution in [2.24, 2.45) is 0 Å². The van der Waals surface area contributed by atoms with E-state index in [9.17, 15) is 0 Å². The van der Waals surface area contributed by atoms with Gasteiger partial charge in [-0.05, 0) is 0 Å². The van der Waals surface area contributed by atoms with Gasteiger partial charge in [0.15, 0.2) is 16.6 Å². The number of alkyl halides is 1. The molecule has 0 spiro atoms. The summed E-state index contributed by atoms with van der Waals surface area (Å²) in [5.41, 5.74) is 1.11. The number of nitrogens with zero attached hydrogens (tertiary/aromatic N) is 5. The van der Waals surface area contributed by atoms with Crippen molar-refractivity contribution in [3.63, 3.8) is 0 Å². The third kappa shape index (κ3) is 2.01. The van der Waals surface area contributed by atoms with Crippen LogP contribution in [0.5, 0.6) is 0 Å². The molecular weight excluding hydrogens is 326 g/mol. The molecule has 0 aromatic carbocycles. The zero-order valence-electron chi connectivity index (χ0n) is 10.8. The molecule has 0 aliphatic heterocycles. The molecule has 5 nitrogen and oxygen atoms in total. The monoisotopic (exact) mass is 339 g/mol. The molecule has 0 N–H and O–H groups in total. The topological polar surface area (TPSA) is 48.0 Å². The lowest BCUT2D eigenvalue weighted by atomic mass is 10.4. The summed E-state index contributed by atoms with van der Waals surface area (Å²) in [5.74, 6) is 2.71. The number of imidazole rings is 1. The minimum atomic E-state index is 0.741. The maximum atomic E-state index is 4.68. The first-order valence-electron chi connectivity index (χ1n) is 6.24. The van der Waals surface area contributed by atoms with Crippen molar-refractivity contribution in [3.8, 4) is 5.82 Å². The molecule has 3 aromatic rings. The molecule has 7 heteroatoms. The second-order valence-electron chi connectivity index (χ2n) is 4.13. The van der Waals surface area contributed by atoms with E-state index in [-0.39, 0.29) is 0 Å². The van der Waals surface area contributed by atoms with Gasteiger partial charge in [0.05, 0.1) is 5.69 Å². The Bertz CT molecular complexity index is 711. The summed E-state index contributed by atoms with van der Waals surface area (Å²) >= 11 is 5.17. The van der Waals surface area contributed by atoms with Gasteiger partial charge in [0.1, 0.15) is 5.82 Å². The summed E-state index contributed by atoms with van der Waals surface area (Å²) in [7, 11) is 0. The number of aromatic nitrogens is 5. The van der Waals surface area contributed by atoms with Crippen molar-refractivity contribution in [1.29, 1.82) is 0 Å². The van der Waals surface area contributed by atoms with Crippen LogP contribution in [0.4, 0.5) is 0 Å². The Morgan fingerprint density at radius 3 is 2.79 bits per heavy atom. The lowest BCUT2D eigenvalue weighted by Crippen LogP contribution is -2.05. The smallest absolute Gasteiger partial charge is 0.195 e. The van der Waals surface area contributed by atoms with Crippen molar-refractivity contribution >= 4 is 32.2 Å². The quantitative estimate of drug-likeness (QED) is 0.686. The van der Waals surface area contributed by atoms with Crippen LogP contribution in [-0.4, -0.2) is 24.1 Å². The van der Waals surface area contributed by atoms with Gasteiger partial charge in [-0.15, -0.1) is 16.4 Å². The van der Waals surface area contributed by atoms with Crippen molar-refractivity contribution in [2.75, 3.05) is 0 Å². The largest absolute Gasteiger partial charge is 0.292 e. The Kier molecular flexibility index (Phi) is 3.40. The van der Waals surface area contributed by atoms with Crippen molar-refractivity contribution in [3.05, 3.63) is 28.9 Å². The summed E-state index contributed by atoms with van der Waals surface area (Å²) < 4.78 is 3.98. The van der Waals surface area contributed by atoms with E-state index in [0.29, 0.717) is 0 Å². The Morgan fingerprint density at radius 1 is 1.26 bits per heavy atom. The van der Waals surface area contributed by atoms with Gasteiger partial charge < -0.3 is 0 Å². The SMILES string of the molecule is CCc1nc(CC)n(-c2nc3sccn3c2CBr)n1. The third-order valence-corrected chi connectivity index (χ3v) is 4.31. The minimum absolute atomic E-state index is 0.741. The zero-order chi connectivity index (χ0) is 13.4. The van der Waals surface area contributed by atoms with Crippen molar-refractivity contribution < 1.29 is 0 Å². The number of hydrogen-bond donors (Lipinski definition) is 0. The van der Waals surface area contributed by atoms with Crippen LogP contribution >= 0.6 is 27.3 Å². The van der Waals surface area contributed by atoms with Crippen LogP contribution in [0.2, 0.25) is 0 Å². The first-order chi connectivity index (χ1) is 9.28. The second-order valence-corrected chi connectivity index (χ2v) is 5.57. The predicted molar refractivity (Wildman–Crippen MR) is 79.4 cm³/mol. The molecule has 19 heavy (non-hydrogen) atoms. The number of rotatable bonds is 4. The van der Waals surface area contributed by atoms with Gasteiger partial charge in [-0.25, -0.2) is 4.98 Å². The summed E-state index contributed by atoms with van der Waals surface area (Å²) in [6.07, 6.45) is 3.72. The van der Waals surface area contributed by atoms with E-state index in [2.05, 4.69) is 49.2 Å². The Balaban J connectivity index is 2.22.